The zero-order valence-corrected chi connectivity index (χ0v) is 19.1. The minimum atomic E-state index is -0.444. The first-order valence-corrected chi connectivity index (χ1v) is 12.7. The largest absolute Gasteiger partial charge is 0.315 e. The highest BCUT2D eigenvalue weighted by atomic mass is 32.2. The third kappa shape index (κ3) is 4.10. The van der Waals surface area contributed by atoms with Crippen LogP contribution in [-0.2, 0) is 9.59 Å². The lowest BCUT2D eigenvalue weighted by molar-refractivity contribution is -0.139. The van der Waals surface area contributed by atoms with Crippen LogP contribution in [0.4, 0.5) is 0 Å². The highest BCUT2D eigenvalue weighted by molar-refractivity contribution is 7.99. The van der Waals surface area contributed by atoms with Gasteiger partial charge in [-0.3, -0.25) is 9.59 Å². The summed E-state index contributed by atoms with van der Waals surface area (Å²) in [5.41, 5.74) is 2.78. The molecule has 2 amide bonds. The van der Waals surface area contributed by atoms with E-state index < -0.39 is 6.04 Å². The average Bonchev–Trinajstić information content (AvgIpc) is 3.53. The van der Waals surface area contributed by atoms with E-state index in [4.69, 9.17) is 0 Å². The van der Waals surface area contributed by atoms with Gasteiger partial charge in [0.25, 0.3) is 11.8 Å². The van der Waals surface area contributed by atoms with Crippen LogP contribution in [0.25, 0.3) is 0 Å². The van der Waals surface area contributed by atoms with Crippen molar-refractivity contribution in [1.82, 2.24) is 9.91 Å². The molecule has 32 heavy (non-hydrogen) atoms. The van der Waals surface area contributed by atoms with E-state index in [1.165, 1.54) is 22.5 Å². The van der Waals surface area contributed by atoms with Crippen molar-refractivity contribution in [2.45, 2.75) is 18.4 Å². The number of fused-ring (bicyclic) bond motifs is 1. The number of amides is 2. The van der Waals surface area contributed by atoms with Crippen LogP contribution in [0.1, 0.15) is 28.3 Å². The molecule has 1 unspecified atom stereocenters. The fourth-order valence-corrected chi connectivity index (χ4v) is 6.09. The molecule has 7 heteroatoms. The predicted molar refractivity (Wildman–Crippen MR) is 130 cm³/mol. The lowest BCUT2D eigenvalue weighted by Gasteiger charge is -2.24. The van der Waals surface area contributed by atoms with E-state index >= 15 is 0 Å². The Bertz CT molecular complexity index is 1080. The van der Waals surface area contributed by atoms with Crippen molar-refractivity contribution in [3.05, 3.63) is 94.2 Å². The molecular weight excluding hydrogens is 438 g/mol. The zero-order valence-electron chi connectivity index (χ0n) is 17.5. The van der Waals surface area contributed by atoms with Crippen LogP contribution in [-0.4, -0.2) is 51.7 Å². The van der Waals surface area contributed by atoms with Crippen molar-refractivity contribution in [3.8, 4) is 0 Å². The molecule has 0 radical (unpaired) electrons. The fourth-order valence-electron chi connectivity index (χ4n) is 4.24. The molecule has 1 fully saturated rings. The Morgan fingerprint density at radius 1 is 0.938 bits per heavy atom. The lowest BCUT2D eigenvalue weighted by Crippen LogP contribution is -2.46. The van der Waals surface area contributed by atoms with Gasteiger partial charge in [-0.05, 0) is 29.0 Å². The summed E-state index contributed by atoms with van der Waals surface area (Å²) >= 11 is 3.10. The van der Waals surface area contributed by atoms with E-state index in [0.29, 0.717) is 23.9 Å². The number of nitrogens with zero attached hydrogens (tertiary/aromatic N) is 3. The van der Waals surface area contributed by atoms with E-state index in [-0.39, 0.29) is 17.7 Å². The van der Waals surface area contributed by atoms with Crippen molar-refractivity contribution in [1.29, 1.82) is 0 Å². The van der Waals surface area contributed by atoms with Gasteiger partial charge in [-0.25, -0.2) is 5.01 Å². The minimum absolute atomic E-state index is 0.0882. The first-order chi connectivity index (χ1) is 15.7. The minimum Gasteiger partial charge on any atom is -0.315 e. The highest BCUT2D eigenvalue weighted by Crippen LogP contribution is 2.31. The van der Waals surface area contributed by atoms with Gasteiger partial charge in [0.2, 0.25) is 0 Å². The Balaban J connectivity index is 1.46. The molecule has 2 aliphatic rings. The number of hydrogen-bond donors (Lipinski definition) is 0. The summed E-state index contributed by atoms with van der Waals surface area (Å²) < 4.78 is 0. The van der Waals surface area contributed by atoms with Crippen LogP contribution >= 0.6 is 23.1 Å². The van der Waals surface area contributed by atoms with Crippen LogP contribution in [0, 0.1) is 0 Å². The standard InChI is InChI=1S/C25H23N3O2S2/c29-24-21-16-31-17-27(21)25(30)23(22-12-7-15-32-22)26-28(24)14-13-20(18-8-3-1-4-9-18)19-10-5-2-6-11-19/h1-12,15,20-21H,13-14,16-17H2. The molecule has 162 valence electrons. The Morgan fingerprint density at radius 3 is 2.25 bits per heavy atom. The van der Waals surface area contributed by atoms with Gasteiger partial charge in [0.15, 0.2) is 5.71 Å². The maximum atomic E-state index is 13.4. The Kier molecular flexibility index (Phi) is 6.10. The molecule has 0 saturated carbocycles. The molecule has 0 spiro atoms. The van der Waals surface area contributed by atoms with E-state index in [0.717, 1.165) is 11.3 Å². The number of hydrogen-bond acceptors (Lipinski definition) is 5. The Morgan fingerprint density at radius 2 is 1.62 bits per heavy atom. The average molecular weight is 462 g/mol. The molecule has 1 atom stereocenters. The fraction of sp³-hybridized carbons (Fsp3) is 0.240. The van der Waals surface area contributed by atoms with Gasteiger partial charge in [0, 0.05) is 18.2 Å². The van der Waals surface area contributed by atoms with Gasteiger partial charge in [-0.1, -0.05) is 66.7 Å². The summed E-state index contributed by atoms with van der Waals surface area (Å²) in [4.78, 5) is 29.1. The molecule has 3 aromatic rings. The molecule has 5 rings (SSSR count). The summed E-state index contributed by atoms with van der Waals surface area (Å²) in [5, 5.41) is 8.11. The van der Waals surface area contributed by atoms with E-state index in [1.807, 2.05) is 53.9 Å². The molecule has 2 aromatic carbocycles. The Hall–Kier alpha value is -2.90. The van der Waals surface area contributed by atoms with Crippen molar-refractivity contribution >= 4 is 40.6 Å². The van der Waals surface area contributed by atoms with Crippen molar-refractivity contribution < 1.29 is 9.59 Å². The van der Waals surface area contributed by atoms with Crippen LogP contribution in [0.2, 0.25) is 0 Å². The quantitative estimate of drug-likeness (QED) is 0.546. The second-order valence-electron chi connectivity index (χ2n) is 7.84. The molecule has 5 nitrogen and oxygen atoms in total. The monoisotopic (exact) mass is 461 g/mol. The molecular formula is C25H23N3O2S2. The van der Waals surface area contributed by atoms with E-state index in [2.05, 4.69) is 29.4 Å². The lowest BCUT2D eigenvalue weighted by atomic mass is 9.88. The topological polar surface area (TPSA) is 53.0 Å². The number of thiophene rings is 1. The number of carbonyl (C=O) groups excluding carboxylic acids is 2. The van der Waals surface area contributed by atoms with Crippen molar-refractivity contribution in [3.63, 3.8) is 0 Å². The number of rotatable bonds is 6. The van der Waals surface area contributed by atoms with Crippen LogP contribution in [0.15, 0.2) is 83.3 Å². The van der Waals surface area contributed by atoms with E-state index in [9.17, 15) is 9.59 Å². The third-order valence-corrected chi connectivity index (χ3v) is 7.78. The summed E-state index contributed by atoms with van der Waals surface area (Å²) in [7, 11) is 0. The highest BCUT2D eigenvalue weighted by Gasteiger charge is 2.42. The van der Waals surface area contributed by atoms with Crippen LogP contribution < -0.4 is 0 Å². The van der Waals surface area contributed by atoms with Gasteiger partial charge in [-0.2, -0.15) is 5.10 Å². The number of carbonyl (C=O) groups is 2. The van der Waals surface area contributed by atoms with Crippen molar-refractivity contribution in [2.24, 2.45) is 5.10 Å². The first kappa shape index (κ1) is 21.0. The summed E-state index contributed by atoms with van der Waals surface area (Å²) in [6.45, 7) is 0.449. The second-order valence-corrected chi connectivity index (χ2v) is 9.79. The van der Waals surface area contributed by atoms with Gasteiger partial charge in [0.1, 0.15) is 6.04 Å². The molecule has 3 heterocycles. The molecule has 2 aliphatic heterocycles. The van der Waals surface area contributed by atoms with Gasteiger partial charge in [0.05, 0.1) is 10.8 Å². The van der Waals surface area contributed by atoms with Gasteiger partial charge < -0.3 is 4.90 Å². The number of hydrazone groups is 1. The van der Waals surface area contributed by atoms with E-state index in [1.54, 1.807) is 21.7 Å². The molecule has 1 aromatic heterocycles. The first-order valence-electron chi connectivity index (χ1n) is 10.6. The number of thioether (sulfide) groups is 1. The summed E-state index contributed by atoms with van der Waals surface area (Å²) in [5.74, 6) is 1.05. The summed E-state index contributed by atoms with van der Waals surface area (Å²) in [6.07, 6.45) is 0.717. The smallest absolute Gasteiger partial charge is 0.277 e. The predicted octanol–water partition coefficient (Wildman–Crippen LogP) is 4.42. The third-order valence-electron chi connectivity index (χ3n) is 5.89. The molecule has 0 N–H and O–H groups in total. The maximum Gasteiger partial charge on any atom is 0.277 e. The molecule has 0 bridgehead atoms. The zero-order chi connectivity index (χ0) is 21.9. The maximum absolute atomic E-state index is 13.4. The summed E-state index contributed by atoms with van der Waals surface area (Å²) in [6, 6.07) is 24.1. The molecule has 1 saturated heterocycles. The van der Waals surface area contributed by atoms with Gasteiger partial charge in [-0.15, -0.1) is 23.1 Å². The van der Waals surface area contributed by atoms with Crippen LogP contribution in [0.3, 0.4) is 0 Å². The normalized spacial score (nSPS) is 18.7. The van der Waals surface area contributed by atoms with Crippen molar-refractivity contribution in [2.75, 3.05) is 18.2 Å². The second kappa shape index (κ2) is 9.30. The Labute approximate surface area is 195 Å². The SMILES string of the molecule is O=C1C2CSCN2C(=O)C(c2cccs2)=NN1CCC(c1ccccc1)c1ccccc1. The molecule has 0 aliphatic carbocycles. The van der Waals surface area contributed by atoms with Gasteiger partial charge >= 0.3 is 0 Å². The number of benzene rings is 2. The van der Waals surface area contributed by atoms with Crippen LogP contribution in [0.5, 0.6) is 0 Å².